The van der Waals surface area contributed by atoms with Crippen LogP contribution in [0.25, 0.3) is 0 Å². The zero-order valence-electron chi connectivity index (χ0n) is 9.29. The highest BCUT2D eigenvalue weighted by atomic mass is 32.1. The van der Waals surface area contributed by atoms with Gasteiger partial charge in [0.2, 0.25) is 0 Å². The van der Waals surface area contributed by atoms with Gasteiger partial charge in [-0.15, -0.1) is 11.3 Å². The SMILES string of the molecule is CC1(C)C(NCc2cscn2)C1(C)C. The largest absolute Gasteiger partial charge is 0.307 e. The van der Waals surface area contributed by atoms with Gasteiger partial charge in [-0.25, -0.2) is 4.98 Å². The van der Waals surface area contributed by atoms with Gasteiger partial charge in [0.25, 0.3) is 0 Å². The van der Waals surface area contributed by atoms with Gasteiger partial charge in [-0.3, -0.25) is 0 Å². The van der Waals surface area contributed by atoms with E-state index in [1.807, 2.05) is 5.51 Å². The molecular weight excluding hydrogens is 192 g/mol. The first kappa shape index (κ1) is 10.1. The molecule has 2 nitrogen and oxygen atoms in total. The minimum atomic E-state index is 0.420. The van der Waals surface area contributed by atoms with Crippen molar-refractivity contribution in [2.45, 2.75) is 40.3 Å². The molecule has 1 fully saturated rings. The fourth-order valence-electron chi connectivity index (χ4n) is 2.24. The van der Waals surface area contributed by atoms with Crippen molar-refractivity contribution in [1.82, 2.24) is 10.3 Å². The van der Waals surface area contributed by atoms with Crippen molar-refractivity contribution in [1.29, 1.82) is 0 Å². The van der Waals surface area contributed by atoms with Gasteiger partial charge in [-0.05, 0) is 10.8 Å². The first-order valence-corrected chi connectivity index (χ1v) is 6.01. The summed E-state index contributed by atoms with van der Waals surface area (Å²) in [6.45, 7) is 10.2. The third-order valence-corrected chi connectivity index (χ3v) is 4.63. The van der Waals surface area contributed by atoms with Crippen LogP contribution in [-0.4, -0.2) is 11.0 Å². The smallest absolute Gasteiger partial charge is 0.0795 e. The van der Waals surface area contributed by atoms with Crippen LogP contribution in [0.5, 0.6) is 0 Å². The van der Waals surface area contributed by atoms with E-state index in [0.717, 1.165) is 12.2 Å². The quantitative estimate of drug-likeness (QED) is 0.829. The Labute approximate surface area is 89.8 Å². The lowest BCUT2D eigenvalue weighted by molar-refractivity contribution is 0.457. The maximum atomic E-state index is 4.27. The lowest BCUT2D eigenvalue weighted by atomic mass is 10.0. The molecule has 0 unspecified atom stereocenters. The van der Waals surface area contributed by atoms with Crippen LogP contribution < -0.4 is 5.32 Å². The second-order valence-electron chi connectivity index (χ2n) is 5.24. The molecule has 1 aliphatic carbocycles. The summed E-state index contributed by atoms with van der Waals surface area (Å²) in [7, 11) is 0. The monoisotopic (exact) mass is 210 g/mol. The molecule has 1 aromatic rings. The molecule has 2 rings (SSSR count). The maximum absolute atomic E-state index is 4.27. The van der Waals surface area contributed by atoms with Crippen LogP contribution in [0.2, 0.25) is 0 Å². The van der Waals surface area contributed by atoms with Crippen molar-refractivity contribution in [2.75, 3.05) is 0 Å². The molecule has 0 radical (unpaired) electrons. The fraction of sp³-hybridized carbons (Fsp3) is 0.727. The summed E-state index contributed by atoms with van der Waals surface area (Å²) >= 11 is 1.66. The lowest BCUT2D eigenvalue weighted by Crippen LogP contribution is -2.21. The highest BCUT2D eigenvalue weighted by Gasteiger charge is 2.64. The topological polar surface area (TPSA) is 24.9 Å². The van der Waals surface area contributed by atoms with Gasteiger partial charge in [0.05, 0.1) is 11.2 Å². The second-order valence-corrected chi connectivity index (χ2v) is 5.96. The number of nitrogens with zero attached hydrogens (tertiary/aromatic N) is 1. The predicted octanol–water partition coefficient (Wildman–Crippen LogP) is 2.67. The van der Waals surface area contributed by atoms with E-state index in [9.17, 15) is 0 Å². The van der Waals surface area contributed by atoms with E-state index in [4.69, 9.17) is 0 Å². The Morgan fingerprint density at radius 3 is 2.43 bits per heavy atom. The number of nitrogens with one attached hydrogen (secondary N) is 1. The number of aromatic nitrogens is 1. The Hall–Kier alpha value is -0.410. The summed E-state index contributed by atoms with van der Waals surface area (Å²) in [5.74, 6) is 0. The Morgan fingerprint density at radius 2 is 2.00 bits per heavy atom. The molecule has 3 heteroatoms. The van der Waals surface area contributed by atoms with Crippen LogP contribution in [0.4, 0.5) is 0 Å². The van der Waals surface area contributed by atoms with Crippen LogP contribution in [0.1, 0.15) is 33.4 Å². The van der Waals surface area contributed by atoms with Gasteiger partial charge in [-0.1, -0.05) is 27.7 Å². The molecule has 1 saturated carbocycles. The molecule has 0 amide bonds. The third-order valence-electron chi connectivity index (χ3n) is 3.99. The Kier molecular flexibility index (Phi) is 2.20. The summed E-state index contributed by atoms with van der Waals surface area (Å²) in [6.07, 6.45) is 0. The number of hydrogen-bond acceptors (Lipinski definition) is 3. The van der Waals surface area contributed by atoms with E-state index in [-0.39, 0.29) is 0 Å². The normalized spacial score (nSPS) is 23.7. The highest BCUT2D eigenvalue weighted by Crippen LogP contribution is 2.62. The molecule has 78 valence electrons. The van der Waals surface area contributed by atoms with Crippen molar-refractivity contribution in [3.05, 3.63) is 16.6 Å². The Bertz CT molecular complexity index is 300. The van der Waals surface area contributed by atoms with Crippen molar-refractivity contribution >= 4 is 11.3 Å². The highest BCUT2D eigenvalue weighted by molar-refractivity contribution is 7.07. The van der Waals surface area contributed by atoms with Gasteiger partial charge in [0.15, 0.2) is 0 Å². The Balaban J connectivity index is 1.90. The predicted molar refractivity (Wildman–Crippen MR) is 60.3 cm³/mol. The van der Waals surface area contributed by atoms with E-state index >= 15 is 0 Å². The maximum Gasteiger partial charge on any atom is 0.0795 e. The van der Waals surface area contributed by atoms with E-state index in [1.165, 1.54) is 0 Å². The van der Waals surface area contributed by atoms with E-state index < -0.39 is 0 Å². The second kappa shape index (κ2) is 3.04. The molecule has 1 aromatic heterocycles. The molecule has 1 aliphatic rings. The molecule has 0 atom stereocenters. The van der Waals surface area contributed by atoms with Gasteiger partial charge in [0.1, 0.15) is 0 Å². The summed E-state index contributed by atoms with van der Waals surface area (Å²) in [5.41, 5.74) is 3.89. The fourth-order valence-corrected chi connectivity index (χ4v) is 2.80. The minimum Gasteiger partial charge on any atom is -0.307 e. The third kappa shape index (κ3) is 1.39. The summed E-state index contributed by atoms with van der Waals surface area (Å²) in [6, 6.07) is 0.622. The molecule has 0 saturated heterocycles. The molecule has 1 heterocycles. The summed E-state index contributed by atoms with van der Waals surface area (Å²) < 4.78 is 0. The molecule has 1 N–H and O–H groups in total. The molecule has 0 aromatic carbocycles. The minimum absolute atomic E-state index is 0.420. The molecule has 0 aliphatic heterocycles. The Morgan fingerprint density at radius 1 is 1.36 bits per heavy atom. The van der Waals surface area contributed by atoms with Gasteiger partial charge in [0, 0.05) is 18.0 Å². The van der Waals surface area contributed by atoms with Crippen molar-refractivity contribution in [3.63, 3.8) is 0 Å². The first-order chi connectivity index (χ1) is 6.46. The molecular formula is C11H18N2S. The number of hydrogen-bond donors (Lipinski definition) is 1. The standard InChI is InChI=1S/C11H18N2S/c1-10(2)9(11(10,3)4)12-5-8-6-14-7-13-8/h6-7,9,12H,5H2,1-4H3. The van der Waals surface area contributed by atoms with Crippen molar-refractivity contribution in [2.24, 2.45) is 10.8 Å². The van der Waals surface area contributed by atoms with E-state index in [2.05, 4.69) is 43.4 Å². The van der Waals surface area contributed by atoms with Crippen LogP contribution in [-0.2, 0) is 6.54 Å². The van der Waals surface area contributed by atoms with Crippen LogP contribution in [0.3, 0.4) is 0 Å². The summed E-state index contributed by atoms with van der Waals surface area (Å²) in [5, 5.41) is 5.69. The van der Waals surface area contributed by atoms with Crippen LogP contribution in [0, 0.1) is 10.8 Å². The zero-order valence-corrected chi connectivity index (χ0v) is 10.1. The number of thiazole rings is 1. The van der Waals surface area contributed by atoms with Crippen molar-refractivity contribution in [3.8, 4) is 0 Å². The van der Waals surface area contributed by atoms with Crippen LogP contribution >= 0.6 is 11.3 Å². The average Bonchev–Trinajstić information content (AvgIpc) is 2.54. The first-order valence-electron chi connectivity index (χ1n) is 5.07. The zero-order chi connectivity index (χ0) is 10.4. The van der Waals surface area contributed by atoms with Gasteiger partial charge in [-0.2, -0.15) is 0 Å². The van der Waals surface area contributed by atoms with E-state index in [0.29, 0.717) is 16.9 Å². The van der Waals surface area contributed by atoms with Crippen LogP contribution in [0.15, 0.2) is 10.9 Å². The number of rotatable bonds is 3. The molecule has 14 heavy (non-hydrogen) atoms. The van der Waals surface area contributed by atoms with Gasteiger partial charge < -0.3 is 5.32 Å². The summed E-state index contributed by atoms with van der Waals surface area (Å²) in [4.78, 5) is 4.27. The molecule has 0 bridgehead atoms. The van der Waals surface area contributed by atoms with Crippen molar-refractivity contribution < 1.29 is 0 Å². The van der Waals surface area contributed by atoms with E-state index in [1.54, 1.807) is 11.3 Å². The van der Waals surface area contributed by atoms with Gasteiger partial charge >= 0.3 is 0 Å². The lowest BCUT2D eigenvalue weighted by Gasteiger charge is -2.03. The average molecular weight is 210 g/mol. The molecule has 0 spiro atoms.